The number of nitrogens with one attached hydrogen (secondary N) is 1. The molecule has 0 aliphatic rings. The number of hydrogen-bond donors (Lipinski definition) is 2. The Labute approximate surface area is 146 Å². The van der Waals surface area contributed by atoms with E-state index < -0.39 is 11.4 Å². The Bertz CT molecular complexity index is 676. The number of carbonyl (C=O) groups excluding carboxylic acids is 1. The molecule has 2 N–H and O–H groups in total. The van der Waals surface area contributed by atoms with E-state index in [2.05, 4.69) is 5.32 Å². The summed E-state index contributed by atoms with van der Waals surface area (Å²) in [5.41, 5.74) is -0.458. The van der Waals surface area contributed by atoms with Crippen molar-refractivity contribution in [2.24, 2.45) is 0 Å². The van der Waals surface area contributed by atoms with Gasteiger partial charge in [0.05, 0.1) is 0 Å². The first-order valence-corrected chi connectivity index (χ1v) is 8.74. The van der Waals surface area contributed by atoms with Crippen molar-refractivity contribution in [2.75, 3.05) is 12.3 Å². The molecule has 2 rings (SSSR count). The van der Waals surface area contributed by atoms with E-state index in [0.29, 0.717) is 17.7 Å². The molecule has 4 nitrogen and oxygen atoms in total. The molecule has 1 unspecified atom stereocenters. The van der Waals surface area contributed by atoms with Crippen molar-refractivity contribution in [3.63, 3.8) is 0 Å². The Balaban J connectivity index is 1.86. The molecule has 24 heavy (non-hydrogen) atoms. The lowest BCUT2D eigenvalue weighted by atomic mass is 9.82. The average molecular weight is 343 g/mol. The van der Waals surface area contributed by atoms with Gasteiger partial charge >= 0.3 is 5.97 Å². The van der Waals surface area contributed by atoms with Gasteiger partial charge in [-0.1, -0.05) is 48.5 Å². The van der Waals surface area contributed by atoms with Gasteiger partial charge in [-0.05, 0) is 24.6 Å². The summed E-state index contributed by atoms with van der Waals surface area (Å²) in [7, 11) is 0. The van der Waals surface area contributed by atoms with Gasteiger partial charge in [0.1, 0.15) is 5.41 Å². The Morgan fingerprint density at radius 2 is 1.62 bits per heavy atom. The highest BCUT2D eigenvalue weighted by atomic mass is 32.2. The van der Waals surface area contributed by atoms with Crippen LogP contribution in [0.2, 0.25) is 0 Å². The molecule has 0 aliphatic heterocycles. The van der Waals surface area contributed by atoms with Crippen LogP contribution in [0.15, 0.2) is 65.6 Å². The quantitative estimate of drug-likeness (QED) is 0.722. The molecule has 0 bridgehead atoms. The third-order valence-corrected chi connectivity index (χ3v) is 4.88. The van der Waals surface area contributed by atoms with E-state index in [1.807, 2.05) is 36.4 Å². The maximum absolute atomic E-state index is 12.0. The number of benzene rings is 2. The molecular weight excluding hydrogens is 322 g/mol. The number of amides is 1. The Hall–Kier alpha value is -2.27. The normalized spacial score (nSPS) is 13.0. The molecule has 1 amide bonds. The monoisotopic (exact) mass is 343 g/mol. The van der Waals surface area contributed by atoms with E-state index in [9.17, 15) is 14.7 Å². The second-order valence-electron chi connectivity index (χ2n) is 5.69. The van der Waals surface area contributed by atoms with E-state index in [4.69, 9.17) is 0 Å². The molecule has 0 aliphatic carbocycles. The van der Waals surface area contributed by atoms with Gasteiger partial charge in [-0.15, -0.1) is 11.8 Å². The first-order valence-electron chi connectivity index (χ1n) is 7.76. The van der Waals surface area contributed by atoms with Crippen LogP contribution in [-0.4, -0.2) is 29.3 Å². The summed E-state index contributed by atoms with van der Waals surface area (Å²) < 4.78 is 0. The zero-order valence-electron chi connectivity index (χ0n) is 13.6. The minimum atomic E-state index is -1.14. The van der Waals surface area contributed by atoms with E-state index in [1.165, 1.54) is 0 Å². The first-order chi connectivity index (χ1) is 11.5. The van der Waals surface area contributed by atoms with Crippen LogP contribution in [-0.2, 0) is 15.0 Å². The van der Waals surface area contributed by atoms with Crippen LogP contribution in [0.3, 0.4) is 0 Å². The highest BCUT2D eigenvalue weighted by Crippen LogP contribution is 2.23. The number of carboxylic acid groups (broad SMARTS) is 1. The molecule has 0 saturated heterocycles. The molecule has 2 aromatic carbocycles. The third kappa shape index (κ3) is 4.86. The Morgan fingerprint density at radius 1 is 1.04 bits per heavy atom. The van der Waals surface area contributed by atoms with Gasteiger partial charge in [0.15, 0.2) is 0 Å². The van der Waals surface area contributed by atoms with Crippen molar-refractivity contribution < 1.29 is 14.7 Å². The molecular formula is C19H21NO3S. The molecule has 0 radical (unpaired) electrons. The molecule has 1 atom stereocenters. The maximum Gasteiger partial charge on any atom is 0.315 e. The van der Waals surface area contributed by atoms with Gasteiger partial charge in [-0.2, -0.15) is 0 Å². The molecule has 0 saturated carbocycles. The van der Waals surface area contributed by atoms with Gasteiger partial charge in [-0.25, -0.2) is 0 Å². The fraction of sp³-hybridized carbons (Fsp3) is 0.263. The molecule has 0 heterocycles. The highest BCUT2D eigenvalue weighted by Gasteiger charge is 2.35. The van der Waals surface area contributed by atoms with Crippen molar-refractivity contribution in [1.29, 1.82) is 0 Å². The maximum atomic E-state index is 12.0. The van der Waals surface area contributed by atoms with Crippen LogP contribution in [0.5, 0.6) is 0 Å². The topological polar surface area (TPSA) is 66.4 Å². The van der Waals surface area contributed by atoms with Gasteiger partial charge in [0.25, 0.3) is 0 Å². The molecule has 126 valence electrons. The number of carbonyl (C=O) groups is 2. The summed E-state index contributed by atoms with van der Waals surface area (Å²) in [6, 6.07) is 18.8. The van der Waals surface area contributed by atoms with Crippen molar-refractivity contribution in [1.82, 2.24) is 5.32 Å². The zero-order valence-corrected chi connectivity index (χ0v) is 14.4. The standard InChI is InChI=1S/C19H21NO3S/c1-19(18(22)23,15-8-4-2-5-9-15)14-20-17(21)12-13-24-16-10-6-3-7-11-16/h2-11H,12-14H2,1H3,(H,20,21)(H,22,23). The van der Waals surface area contributed by atoms with E-state index >= 15 is 0 Å². The van der Waals surface area contributed by atoms with Crippen LogP contribution in [0, 0.1) is 0 Å². The summed E-state index contributed by atoms with van der Waals surface area (Å²) in [5.74, 6) is -0.431. The van der Waals surface area contributed by atoms with Gasteiger partial charge < -0.3 is 10.4 Å². The number of rotatable bonds is 8. The van der Waals surface area contributed by atoms with Crippen molar-refractivity contribution >= 4 is 23.6 Å². The van der Waals surface area contributed by atoms with Gasteiger partial charge in [0, 0.05) is 23.6 Å². The zero-order chi connectivity index (χ0) is 17.4. The number of aliphatic carboxylic acids is 1. The number of thioether (sulfide) groups is 1. The predicted octanol–water partition coefficient (Wildman–Crippen LogP) is 3.33. The first kappa shape index (κ1) is 18.1. The Morgan fingerprint density at radius 3 is 2.21 bits per heavy atom. The third-order valence-electron chi connectivity index (χ3n) is 3.86. The fourth-order valence-electron chi connectivity index (χ4n) is 2.25. The summed E-state index contributed by atoms with van der Waals surface area (Å²) >= 11 is 1.61. The molecule has 0 fully saturated rings. The van der Waals surface area contributed by atoms with E-state index in [-0.39, 0.29) is 12.5 Å². The number of carboxylic acids is 1. The van der Waals surface area contributed by atoms with Crippen molar-refractivity contribution in [3.8, 4) is 0 Å². The second-order valence-corrected chi connectivity index (χ2v) is 6.86. The summed E-state index contributed by atoms with van der Waals surface area (Å²) in [6.45, 7) is 1.70. The summed E-state index contributed by atoms with van der Waals surface area (Å²) in [5, 5.41) is 12.3. The van der Waals surface area contributed by atoms with Crippen LogP contribution in [0.1, 0.15) is 18.9 Å². The van der Waals surface area contributed by atoms with Gasteiger partial charge in [-0.3, -0.25) is 9.59 Å². The summed E-state index contributed by atoms with van der Waals surface area (Å²) in [4.78, 5) is 24.8. The Kier molecular flexibility index (Phi) is 6.44. The lowest BCUT2D eigenvalue weighted by Gasteiger charge is -2.25. The second kappa shape index (κ2) is 8.55. The fourth-order valence-corrected chi connectivity index (χ4v) is 3.12. The predicted molar refractivity (Wildman–Crippen MR) is 96.2 cm³/mol. The van der Waals surface area contributed by atoms with E-state index in [0.717, 1.165) is 4.90 Å². The lowest BCUT2D eigenvalue weighted by Crippen LogP contribution is -2.44. The lowest BCUT2D eigenvalue weighted by molar-refractivity contribution is -0.143. The van der Waals surface area contributed by atoms with E-state index in [1.54, 1.807) is 43.0 Å². The highest BCUT2D eigenvalue weighted by molar-refractivity contribution is 7.99. The molecule has 0 spiro atoms. The largest absolute Gasteiger partial charge is 0.481 e. The van der Waals surface area contributed by atoms with Crippen molar-refractivity contribution in [2.45, 2.75) is 23.7 Å². The molecule has 0 aromatic heterocycles. The van der Waals surface area contributed by atoms with Crippen LogP contribution < -0.4 is 5.32 Å². The van der Waals surface area contributed by atoms with Crippen molar-refractivity contribution in [3.05, 3.63) is 66.2 Å². The molecule has 2 aromatic rings. The SMILES string of the molecule is CC(CNC(=O)CCSc1ccccc1)(C(=O)O)c1ccccc1. The smallest absolute Gasteiger partial charge is 0.315 e. The minimum Gasteiger partial charge on any atom is -0.481 e. The van der Waals surface area contributed by atoms with Crippen LogP contribution in [0.4, 0.5) is 0 Å². The summed E-state index contributed by atoms with van der Waals surface area (Å²) in [6.07, 6.45) is 0.351. The average Bonchev–Trinajstić information content (AvgIpc) is 2.61. The van der Waals surface area contributed by atoms with Gasteiger partial charge in [0.2, 0.25) is 5.91 Å². The van der Waals surface area contributed by atoms with Crippen LogP contribution >= 0.6 is 11.8 Å². The number of hydrogen-bond acceptors (Lipinski definition) is 3. The minimum absolute atomic E-state index is 0.0706. The van der Waals surface area contributed by atoms with Crippen LogP contribution in [0.25, 0.3) is 0 Å². The molecule has 5 heteroatoms.